The second-order valence-corrected chi connectivity index (χ2v) is 4.97. The highest BCUT2D eigenvalue weighted by Crippen LogP contribution is 2.35. The van der Waals surface area contributed by atoms with Crippen LogP contribution in [0.4, 0.5) is 4.39 Å². The van der Waals surface area contributed by atoms with E-state index in [1.807, 2.05) is 6.92 Å². The first-order chi connectivity index (χ1) is 7.02. The van der Waals surface area contributed by atoms with Crippen LogP contribution in [-0.4, -0.2) is 11.4 Å². The zero-order valence-electron chi connectivity index (χ0n) is 8.31. The van der Waals surface area contributed by atoms with E-state index in [0.717, 1.165) is 12.8 Å². The van der Waals surface area contributed by atoms with Crippen LogP contribution in [0.2, 0.25) is 0 Å². The van der Waals surface area contributed by atoms with Crippen LogP contribution in [0.25, 0.3) is 0 Å². The summed E-state index contributed by atoms with van der Waals surface area (Å²) in [5.74, 6) is -0.842. The maximum atomic E-state index is 13.4. The molecule has 0 saturated heterocycles. The molecule has 0 heterocycles. The van der Waals surface area contributed by atoms with Gasteiger partial charge in [0.1, 0.15) is 5.82 Å². The summed E-state index contributed by atoms with van der Waals surface area (Å²) in [7, 11) is 0. The van der Waals surface area contributed by atoms with Crippen LogP contribution in [0.5, 0.6) is 0 Å². The normalized spacial score (nSPS) is 17.3. The summed E-state index contributed by atoms with van der Waals surface area (Å²) < 4.78 is 13.9. The summed E-state index contributed by atoms with van der Waals surface area (Å²) in [6, 6.07) is 4.51. The van der Waals surface area contributed by atoms with Crippen molar-refractivity contribution in [3.63, 3.8) is 0 Å². The third-order valence-electron chi connectivity index (χ3n) is 2.61. The Labute approximate surface area is 96.0 Å². The van der Waals surface area contributed by atoms with Crippen LogP contribution in [0.15, 0.2) is 22.7 Å². The van der Waals surface area contributed by atoms with E-state index >= 15 is 0 Å². The minimum absolute atomic E-state index is 0.0885. The number of carbonyl (C=O) groups is 1. The van der Waals surface area contributed by atoms with Gasteiger partial charge < -0.3 is 5.32 Å². The van der Waals surface area contributed by atoms with E-state index in [1.54, 1.807) is 12.1 Å². The van der Waals surface area contributed by atoms with Crippen molar-refractivity contribution in [3.8, 4) is 0 Å². The second kappa shape index (κ2) is 3.59. The Morgan fingerprint density at radius 2 is 2.20 bits per heavy atom. The Hall–Kier alpha value is -0.900. The molecule has 0 bridgehead atoms. The van der Waals surface area contributed by atoms with Gasteiger partial charge in [0.25, 0.3) is 5.91 Å². The Morgan fingerprint density at radius 3 is 2.73 bits per heavy atom. The fourth-order valence-corrected chi connectivity index (χ4v) is 1.89. The van der Waals surface area contributed by atoms with Gasteiger partial charge in [-0.1, -0.05) is 6.07 Å². The fourth-order valence-electron chi connectivity index (χ4n) is 1.36. The first kappa shape index (κ1) is 10.6. The minimum atomic E-state index is -0.494. The lowest BCUT2D eigenvalue weighted by atomic mass is 10.2. The molecule has 0 radical (unpaired) electrons. The Morgan fingerprint density at radius 1 is 1.53 bits per heavy atom. The third kappa shape index (κ3) is 2.20. The van der Waals surface area contributed by atoms with E-state index in [9.17, 15) is 9.18 Å². The predicted molar refractivity (Wildman–Crippen MR) is 59.2 cm³/mol. The summed E-state index contributed by atoms with van der Waals surface area (Å²) in [5.41, 5.74) is -0.0376. The number of benzene rings is 1. The third-order valence-corrected chi connectivity index (χ3v) is 3.27. The maximum Gasteiger partial charge on any atom is 0.255 e. The topological polar surface area (TPSA) is 29.1 Å². The van der Waals surface area contributed by atoms with Crippen molar-refractivity contribution in [1.29, 1.82) is 0 Å². The van der Waals surface area contributed by atoms with Gasteiger partial charge in [-0.05, 0) is 47.8 Å². The molecule has 0 atom stereocenters. The first-order valence-corrected chi connectivity index (χ1v) is 5.58. The average molecular weight is 272 g/mol. The molecule has 1 fully saturated rings. The summed E-state index contributed by atoms with van der Waals surface area (Å²) in [4.78, 5) is 11.8. The summed E-state index contributed by atoms with van der Waals surface area (Å²) in [6.07, 6.45) is 1.93. The van der Waals surface area contributed by atoms with Gasteiger partial charge in [0, 0.05) is 10.0 Å². The average Bonchev–Trinajstić information content (AvgIpc) is 2.82. The van der Waals surface area contributed by atoms with Gasteiger partial charge in [0.2, 0.25) is 0 Å². The molecular formula is C11H11BrFNO. The van der Waals surface area contributed by atoms with Crippen LogP contribution in [0, 0.1) is 5.82 Å². The van der Waals surface area contributed by atoms with E-state index < -0.39 is 5.82 Å². The number of hydrogen-bond donors (Lipinski definition) is 1. The molecule has 1 aromatic carbocycles. The van der Waals surface area contributed by atoms with Crippen LogP contribution >= 0.6 is 15.9 Å². The zero-order valence-corrected chi connectivity index (χ0v) is 9.90. The molecule has 1 N–H and O–H groups in total. The number of nitrogens with one attached hydrogen (secondary N) is 1. The molecule has 15 heavy (non-hydrogen) atoms. The van der Waals surface area contributed by atoms with Gasteiger partial charge in [-0.3, -0.25) is 4.79 Å². The fraction of sp³-hybridized carbons (Fsp3) is 0.364. The lowest BCUT2D eigenvalue weighted by Crippen LogP contribution is -2.34. The molecule has 1 saturated carbocycles. The van der Waals surface area contributed by atoms with Crippen molar-refractivity contribution in [3.05, 3.63) is 34.1 Å². The lowest BCUT2D eigenvalue weighted by molar-refractivity contribution is 0.0930. The Bertz CT molecular complexity index is 395. The van der Waals surface area contributed by atoms with Crippen LogP contribution in [-0.2, 0) is 0 Å². The molecule has 2 nitrogen and oxygen atoms in total. The van der Waals surface area contributed by atoms with E-state index in [1.165, 1.54) is 6.07 Å². The van der Waals surface area contributed by atoms with Crippen LogP contribution < -0.4 is 5.32 Å². The molecular weight excluding hydrogens is 261 g/mol. The van der Waals surface area contributed by atoms with Crippen molar-refractivity contribution >= 4 is 21.8 Å². The molecule has 0 aromatic heterocycles. The molecule has 4 heteroatoms. The number of halogens is 2. The first-order valence-electron chi connectivity index (χ1n) is 4.78. The van der Waals surface area contributed by atoms with Crippen LogP contribution in [0.1, 0.15) is 30.1 Å². The van der Waals surface area contributed by atoms with Gasteiger partial charge >= 0.3 is 0 Å². The molecule has 2 rings (SSSR count). The molecule has 80 valence electrons. The van der Waals surface area contributed by atoms with Gasteiger partial charge in [-0.25, -0.2) is 4.39 Å². The molecule has 0 unspecified atom stereocenters. The van der Waals surface area contributed by atoms with Crippen molar-refractivity contribution < 1.29 is 9.18 Å². The quantitative estimate of drug-likeness (QED) is 0.881. The molecule has 0 spiro atoms. The standard InChI is InChI=1S/C11H11BrFNO/c1-11(5-6-11)14-10(15)9-7(12)3-2-4-8(9)13/h2-4H,5-6H2,1H3,(H,14,15). The summed E-state index contributed by atoms with van der Waals surface area (Å²) in [5, 5.41) is 2.82. The monoisotopic (exact) mass is 271 g/mol. The van der Waals surface area contributed by atoms with E-state index in [0.29, 0.717) is 4.47 Å². The summed E-state index contributed by atoms with van der Waals surface area (Å²) in [6.45, 7) is 1.96. The number of rotatable bonds is 2. The second-order valence-electron chi connectivity index (χ2n) is 4.11. The molecule has 0 aliphatic heterocycles. The Kier molecular flexibility index (Phi) is 2.54. The van der Waals surface area contributed by atoms with E-state index in [2.05, 4.69) is 21.2 Å². The Balaban J connectivity index is 2.25. The highest BCUT2D eigenvalue weighted by atomic mass is 79.9. The number of amides is 1. The SMILES string of the molecule is CC1(NC(=O)c2c(F)cccc2Br)CC1. The van der Waals surface area contributed by atoms with Crippen molar-refractivity contribution in [1.82, 2.24) is 5.32 Å². The number of carbonyl (C=O) groups excluding carboxylic acids is 1. The molecule has 1 aliphatic rings. The highest BCUT2D eigenvalue weighted by Gasteiger charge is 2.39. The predicted octanol–water partition coefficient (Wildman–Crippen LogP) is 2.87. The molecule has 1 amide bonds. The maximum absolute atomic E-state index is 13.4. The van der Waals surface area contributed by atoms with Gasteiger partial charge in [0.15, 0.2) is 0 Å². The number of hydrogen-bond acceptors (Lipinski definition) is 1. The van der Waals surface area contributed by atoms with E-state index in [4.69, 9.17) is 0 Å². The molecule has 1 aliphatic carbocycles. The summed E-state index contributed by atoms with van der Waals surface area (Å²) >= 11 is 3.17. The smallest absolute Gasteiger partial charge is 0.255 e. The molecule has 1 aromatic rings. The van der Waals surface area contributed by atoms with Crippen molar-refractivity contribution in [2.75, 3.05) is 0 Å². The van der Waals surface area contributed by atoms with E-state index in [-0.39, 0.29) is 17.0 Å². The highest BCUT2D eigenvalue weighted by molar-refractivity contribution is 9.10. The van der Waals surface area contributed by atoms with Gasteiger partial charge in [-0.15, -0.1) is 0 Å². The van der Waals surface area contributed by atoms with Crippen LogP contribution in [0.3, 0.4) is 0 Å². The lowest BCUT2D eigenvalue weighted by Gasteiger charge is -2.12. The minimum Gasteiger partial charge on any atom is -0.347 e. The van der Waals surface area contributed by atoms with Crippen molar-refractivity contribution in [2.45, 2.75) is 25.3 Å². The van der Waals surface area contributed by atoms with Gasteiger partial charge in [0.05, 0.1) is 5.56 Å². The van der Waals surface area contributed by atoms with Crippen molar-refractivity contribution in [2.24, 2.45) is 0 Å². The largest absolute Gasteiger partial charge is 0.347 e. The van der Waals surface area contributed by atoms with Gasteiger partial charge in [-0.2, -0.15) is 0 Å². The zero-order chi connectivity index (χ0) is 11.1.